The number of hydrogen-bond acceptors (Lipinski definition) is 6. The number of carbonyl (C=O) groups is 3. The standard InChI is InChI=1S/C22H21IN2O6/c1-4-9-31-19-17(23)11-13(12-18(19)30-3)10-16-20(26)24-22(28)25(21(16)27)14-5-7-15(29-2)8-6-14/h5-8,10-12H,4,9H2,1-3H3,(H,24,26,28)/b16-10+. The molecule has 1 fully saturated rings. The number of urea groups is 1. The topological polar surface area (TPSA) is 94.2 Å². The lowest BCUT2D eigenvalue weighted by Crippen LogP contribution is -2.54. The van der Waals surface area contributed by atoms with Crippen molar-refractivity contribution in [2.75, 3.05) is 25.7 Å². The van der Waals surface area contributed by atoms with Gasteiger partial charge in [-0.3, -0.25) is 14.9 Å². The molecule has 9 heteroatoms. The Morgan fingerprint density at radius 3 is 2.39 bits per heavy atom. The number of ether oxygens (including phenoxy) is 3. The number of halogens is 1. The number of benzene rings is 2. The van der Waals surface area contributed by atoms with Crippen LogP contribution in [0.2, 0.25) is 0 Å². The van der Waals surface area contributed by atoms with Crippen LogP contribution >= 0.6 is 22.6 Å². The average molecular weight is 536 g/mol. The normalized spacial score (nSPS) is 15.2. The summed E-state index contributed by atoms with van der Waals surface area (Å²) < 4.78 is 17.0. The summed E-state index contributed by atoms with van der Waals surface area (Å²) in [4.78, 5) is 38.7. The molecular formula is C22H21IN2O6. The molecule has 0 aromatic heterocycles. The molecule has 4 amide bonds. The summed E-state index contributed by atoms with van der Waals surface area (Å²) in [5.74, 6) is 0.173. The average Bonchev–Trinajstić information content (AvgIpc) is 2.76. The number of amides is 4. The molecule has 0 bridgehead atoms. The Labute approximate surface area is 193 Å². The summed E-state index contributed by atoms with van der Waals surface area (Å²) >= 11 is 2.11. The second-order valence-electron chi connectivity index (χ2n) is 6.54. The highest BCUT2D eigenvalue weighted by Crippen LogP contribution is 2.35. The summed E-state index contributed by atoms with van der Waals surface area (Å²) in [6, 6.07) is 9.01. The number of rotatable bonds is 7. The molecule has 1 heterocycles. The fraction of sp³-hybridized carbons (Fsp3) is 0.227. The van der Waals surface area contributed by atoms with Gasteiger partial charge in [-0.25, -0.2) is 9.69 Å². The third-order valence-corrected chi connectivity index (χ3v) is 5.25. The van der Waals surface area contributed by atoms with E-state index in [0.717, 1.165) is 14.9 Å². The minimum Gasteiger partial charge on any atom is -0.497 e. The Hall–Kier alpha value is -3.08. The Morgan fingerprint density at radius 2 is 1.77 bits per heavy atom. The van der Waals surface area contributed by atoms with Crippen LogP contribution in [-0.2, 0) is 9.59 Å². The van der Waals surface area contributed by atoms with E-state index >= 15 is 0 Å². The highest BCUT2D eigenvalue weighted by Gasteiger charge is 2.36. The monoisotopic (exact) mass is 536 g/mol. The van der Waals surface area contributed by atoms with E-state index in [4.69, 9.17) is 14.2 Å². The molecule has 0 aliphatic carbocycles. The number of barbiturate groups is 1. The summed E-state index contributed by atoms with van der Waals surface area (Å²) in [5.41, 5.74) is 0.709. The van der Waals surface area contributed by atoms with Gasteiger partial charge in [0.25, 0.3) is 11.8 Å². The SMILES string of the molecule is CCCOc1c(I)cc(/C=C2\C(=O)NC(=O)N(c3ccc(OC)cc3)C2=O)cc1OC. The molecule has 2 aromatic rings. The maximum Gasteiger partial charge on any atom is 0.335 e. The van der Waals surface area contributed by atoms with Crippen LogP contribution in [0.1, 0.15) is 18.9 Å². The van der Waals surface area contributed by atoms with Gasteiger partial charge >= 0.3 is 6.03 Å². The molecule has 31 heavy (non-hydrogen) atoms. The van der Waals surface area contributed by atoms with Crippen molar-refractivity contribution in [1.29, 1.82) is 0 Å². The first-order valence-corrected chi connectivity index (χ1v) is 10.5. The van der Waals surface area contributed by atoms with E-state index in [1.807, 2.05) is 6.92 Å². The fourth-order valence-electron chi connectivity index (χ4n) is 2.96. The fourth-order valence-corrected chi connectivity index (χ4v) is 3.74. The van der Waals surface area contributed by atoms with Gasteiger partial charge in [-0.05, 0) is 77.0 Å². The zero-order chi connectivity index (χ0) is 22.5. The van der Waals surface area contributed by atoms with Crippen LogP contribution in [0.3, 0.4) is 0 Å². The maximum absolute atomic E-state index is 13.0. The van der Waals surface area contributed by atoms with Crippen molar-refractivity contribution in [3.8, 4) is 17.2 Å². The molecule has 2 aromatic carbocycles. The first-order chi connectivity index (χ1) is 14.9. The molecule has 1 N–H and O–H groups in total. The van der Waals surface area contributed by atoms with Gasteiger partial charge in [0.15, 0.2) is 11.5 Å². The minimum atomic E-state index is -0.812. The van der Waals surface area contributed by atoms with Crippen LogP contribution in [-0.4, -0.2) is 38.7 Å². The van der Waals surface area contributed by atoms with Crippen LogP contribution in [0.15, 0.2) is 42.0 Å². The van der Waals surface area contributed by atoms with Gasteiger partial charge in [0, 0.05) is 0 Å². The number of imide groups is 2. The first kappa shape index (κ1) is 22.6. The van der Waals surface area contributed by atoms with Crippen molar-refractivity contribution in [3.05, 3.63) is 51.1 Å². The number of nitrogens with zero attached hydrogens (tertiary/aromatic N) is 1. The van der Waals surface area contributed by atoms with E-state index in [9.17, 15) is 14.4 Å². The molecule has 1 aliphatic heterocycles. The van der Waals surface area contributed by atoms with Crippen molar-refractivity contribution in [1.82, 2.24) is 5.32 Å². The van der Waals surface area contributed by atoms with E-state index in [1.165, 1.54) is 20.3 Å². The molecule has 162 valence electrons. The second kappa shape index (κ2) is 9.82. The number of nitrogens with one attached hydrogen (secondary N) is 1. The molecule has 0 radical (unpaired) electrons. The maximum atomic E-state index is 13.0. The van der Waals surface area contributed by atoms with E-state index < -0.39 is 17.8 Å². The summed E-state index contributed by atoms with van der Waals surface area (Å²) in [5, 5.41) is 2.21. The number of hydrogen-bond donors (Lipinski definition) is 1. The third kappa shape index (κ3) is 4.82. The van der Waals surface area contributed by atoms with Crippen molar-refractivity contribution in [2.45, 2.75) is 13.3 Å². The molecule has 1 saturated heterocycles. The van der Waals surface area contributed by atoms with Crippen molar-refractivity contribution in [3.63, 3.8) is 0 Å². The van der Waals surface area contributed by atoms with Gasteiger partial charge in [0.05, 0.1) is 30.1 Å². The Balaban J connectivity index is 1.98. The lowest BCUT2D eigenvalue weighted by Gasteiger charge is -2.26. The molecule has 8 nitrogen and oxygen atoms in total. The third-order valence-electron chi connectivity index (χ3n) is 4.45. The van der Waals surface area contributed by atoms with E-state index in [2.05, 4.69) is 27.9 Å². The predicted molar refractivity (Wildman–Crippen MR) is 123 cm³/mol. The van der Waals surface area contributed by atoms with Gasteiger partial charge in [-0.15, -0.1) is 0 Å². The highest BCUT2D eigenvalue weighted by atomic mass is 127. The summed E-state index contributed by atoms with van der Waals surface area (Å²) in [6.45, 7) is 2.54. The van der Waals surface area contributed by atoms with Crippen LogP contribution in [0.5, 0.6) is 17.2 Å². The van der Waals surface area contributed by atoms with E-state index in [-0.39, 0.29) is 5.57 Å². The lowest BCUT2D eigenvalue weighted by molar-refractivity contribution is -0.122. The Kier molecular flexibility index (Phi) is 7.16. The minimum absolute atomic E-state index is 0.171. The first-order valence-electron chi connectivity index (χ1n) is 9.45. The van der Waals surface area contributed by atoms with Crippen LogP contribution in [0.25, 0.3) is 6.08 Å². The van der Waals surface area contributed by atoms with Gasteiger partial charge in [-0.1, -0.05) is 6.92 Å². The van der Waals surface area contributed by atoms with Gasteiger partial charge in [0.2, 0.25) is 0 Å². The van der Waals surface area contributed by atoms with Gasteiger partial charge in [-0.2, -0.15) is 0 Å². The van der Waals surface area contributed by atoms with Crippen LogP contribution in [0.4, 0.5) is 10.5 Å². The largest absolute Gasteiger partial charge is 0.497 e. The van der Waals surface area contributed by atoms with Crippen LogP contribution < -0.4 is 24.4 Å². The Morgan fingerprint density at radius 1 is 1.06 bits per heavy atom. The molecule has 1 aliphatic rings. The zero-order valence-corrected chi connectivity index (χ0v) is 19.4. The molecule has 3 rings (SSSR count). The molecule has 0 spiro atoms. The quantitative estimate of drug-likeness (QED) is 0.329. The summed E-state index contributed by atoms with van der Waals surface area (Å²) in [6.07, 6.45) is 2.27. The second-order valence-corrected chi connectivity index (χ2v) is 7.70. The number of methoxy groups -OCH3 is 2. The smallest absolute Gasteiger partial charge is 0.335 e. The Bertz CT molecular complexity index is 1050. The zero-order valence-electron chi connectivity index (χ0n) is 17.2. The molecule has 0 unspecified atom stereocenters. The van der Waals surface area contributed by atoms with Gasteiger partial charge in [0.1, 0.15) is 11.3 Å². The lowest BCUT2D eigenvalue weighted by atomic mass is 10.1. The van der Waals surface area contributed by atoms with Gasteiger partial charge < -0.3 is 14.2 Å². The van der Waals surface area contributed by atoms with E-state index in [1.54, 1.807) is 36.4 Å². The summed E-state index contributed by atoms with van der Waals surface area (Å²) in [7, 11) is 3.03. The number of anilines is 1. The van der Waals surface area contributed by atoms with Crippen molar-refractivity contribution < 1.29 is 28.6 Å². The predicted octanol–water partition coefficient (Wildman–Crippen LogP) is 3.76. The highest BCUT2D eigenvalue weighted by molar-refractivity contribution is 14.1. The van der Waals surface area contributed by atoms with Crippen molar-refractivity contribution in [2.24, 2.45) is 0 Å². The van der Waals surface area contributed by atoms with Crippen LogP contribution in [0, 0.1) is 3.57 Å². The van der Waals surface area contributed by atoms with Crippen molar-refractivity contribution >= 4 is 52.2 Å². The molecule has 0 atom stereocenters. The molecular weight excluding hydrogens is 515 g/mol. The number of carbonyl (C=O) groups excluding carboxylic acids is 3. The molecule has 0 saturated carbocycles. The van der Waals surface area contributed by atoms with E-state index in [0.29, 0.717) is 35.1 Å².